The van der Waals surface area contributed by atoms with Crippen LogP contribution in [0.15, 0.2) is 28.7 Å². The minimum atomic E-state index is -0.483. The van der Waals surface area contributed by atoms with E-state index in [4.69, 9.17) is 5.73 Å². The molecule has 26 heavy (non-hydrogen) atoms. The molecule has 1 heterocycles. The predicted molar refractivity (Wildman–Crippen MR) is 108 cm³/mol. The van der Waals surface area contributed by atoms with Gasteiger partial charge >= 0.3 is 0 Å². The molecule has 5 nitrogen and oxygen atoms in total. The van der Waals surface area contributed by atoms with E-state index in [0.717, 1.165) is 48.8 Å². The molecule has 1 aliphatic rings. The SMILES string of the molecule is CCCCCCNC(=O)C1CCCN(C(C(N)=O)c2ccc(Br)cc2)C1. The molecule has 1 fully saturated rings. The first-order chi connectivity index (χ1) is 12.5. The lowest BCUT2D eigenvalue weighted by Gasteiger charge is -2.36. The van der Waals surface area contributed by atoms with Gasteiger partial charge in [0.2, 0.25) is 11.8 Å². The quantitative estimate of drug-likeness (QED) is 0.597. The third kappa shape index (κ3) is 6.09. The van der Waals surface area contributed by atoms with E-state index in [0.29, 0.717) is 6.54 Å². The van der Waals surface area contributed by atoms with E-state index in [1.54, 1.807) is 0 Å². The van der Waals surface area contributed by atoms with Gasteiger partial charge in [0.25, 0.3) is 0 Å². The molecule has 0 aromatic heterocycles. The van der Waals surface area contributed by atoms with Crippen molar-refractivity contribution in [1.29, 1.82) is 0 Å². The van der Waals surface area contributed by atoms with Gasteiger partial charge in [-0.1, -0.05) is 54.2 Å². The number of nitrogens with zero attached hydrogens (tertiary/aromatic N) is 1. The van der Waals surface area contributed by atoms with E-state index in [1.165, 1.54) is 12.8 Å². The molecule has 2 unspecified atom stereocenters. The zero-order valence-corrected chi connectivity index (χ0v) is 17.1. The second-order valence-corrected chi connectivity index (χ2v) is 7.96. The highest BCUT2D eigenvalue weighted by atomic mass is 79.9. The highest BCUT2D eigenvalue weighted by molar-refractivity contribution is 9.10. The Bertz CT molecular complexity index is 591. The van der Waals surface area contributed by atoms with E-state index in [2.05, 4.69) is 33.1 Å². The molecule has 1 aromatic carbocycles. The molecule has 6 heteroatoms. The summed E-state index contributed by atoms with van der Waals surface area (Å²) in [4.78, 5) is 26.6. The van der Waals surface area contributed by atoms with Crippen molar-refractivity contribution in [1.82, 2.24) is 10.2 Å². The van der Waals surface area contributed by atoms with Crippen LogP contribution in [0.3, 0.4) is 0 Å². The maximum absolute atomic E-state index is 12.5. The van der Waals surface area contributed by atoms with Crippen LogP contribution in [0.25, 0.3) is 0 Å². The molecule has 0 spiro atoms. The van der Waals surface area contributed by atoms with Crippen molar-refractivity contribution in [3.05, 3.63) is 34.3 Å². The molecule has 2 rings (SSSR count). The topological polar surface area (TPSA) is 75.4 Å². The van der Waals surface area contributed by atoms with Gasteiger partial charge in [-0.3, -0.25) is 14.5 Å². The second kappa shape index (κ2) is 10.7. The van der Waals surface area contributed by atoms with Gasteiger partial charge in [0.05, 0.1) is 5.92 Å². The smallest absolute Gasteiger partial charge is 0.239 e. The standard InChI is InChI=1S/C20H30BrN3O2/c1-2-3-4-5-12-23-20(26)16-7-6-13-24(14-16)18(19(22)25)15-8-10-17(21)11-9-15/h8-11,16,18H,2-7,12-14H2,1H3,(H2,22,25)(H,23,26). The molecule has 0 radical (unpaired) electrons. The Labute approximate surface area is 164 Å². The number of nitrogens with two attached hydrogens (primary N) is 1. The third-order valence-electron chi connectivity index (χ3n) is 4.97. The van der Waals surface area contributed by atoms with Crippen LogP contribution in [0.5, 0.6) is 0 Å². The highest BCUT2D eigenvalue weighted by Gasteiger charge is 2.33. The lowest BCUT2D eigenvalue weighted by molar-refractivity contribution is -0.130. The van der Waals surface area contributed by atoms with Crippen LogP contribution in [0, 0.1) is 5.92 Å². The van der Waals surface area contributed by atoms with Gasteiger partial charge in [0.15, 0.2) is 0 Å². The Morgan fingerprint density at radius 1 is 1.27 bits per heavy atom. The van der Waals surface area contributed by atoms with Crippen LogP contribution in [-0.4, -0.2) is 36.3 Å². The number of nitrogens with one attached hydrogen (secondary N) is 1. The Hall–Kier alpha value is -1.40. The second-order valence-electron chi connectivity index (χ2n) is 7.04. The number of halogens is 1. The fourth-order valence-electron chi connectivity index (χ4n) is 3.56. The van der Waals surface area contributed by atoms with Crippen LogP contribution in [0.2, 0.25) is 0 Å². The first-order valence-electron chi connectivity index (χ1n) is 9.59. The Morgan fingerprint density at radius 3 is 2.65 bits per heavy atom. The van der Waals surface area contributed by atoms with Crippen LogP contribution < -0.4 is 11.1 Å². The summed E-state index contributed by atoms with van der Waals surface area (Å²) in [6.07, 6.45) is 6.34. The van der Waals surface area contributed by atoms with Crippen LogP contribution in [0.1, 0.15) is 57.1 Å². The van der Waals surface area contributed by atoms with E-state index in [1.807, 2.05) is 24.3 Å². The number of unbranched alkanes of at least 4 members (excludes halogenated alkanes) is 3. The maximum atomic E-state index is 12.5. The zero-order valence-electron chi connectivity index (χ0n) is 15.5. The van der Waals surface area contributed by atoms with Crippen molar-refractivity contribution in [2.75, 3.05) is 19.6 Å². The summed E-state index contributed by atoms with van der Waals surface area (Å²) in [5.41, 5.74) is 6.57. The van der Waals surface area contributed by atoms with Crippen LogP contribution in [0.4, 0.5) is 0 Å². The van der Waals surface area contributed by atoms with Gasteiger partial charge in [0, 0.05) is 17.6 Å². The molecule has 2 atom stereocenters. The van der Waals surface area contributed by atoms with Gasteiger partial charge in [-0.05, 0) is 43.5 Å². The molecule has 1 saturated heterocycles. The van der Waals surface area contributed by atoms with E-state index >= 15 is 0 Å². The van der Waals surface area contributed by atoms with Gasteiger partial charge in [-0.2, -0.15) is 0 Å². The summed E-state index contributed by atoms with van der Waals surface area (Å²) in [5, 5.41) is 3.06. The Morgan fingerprint density at radius 2 is 2.00 bits per heavy atom. The first-order valence-corrected chi connectivity index (χ1v) is 10.4. The maximum Gasteiger partial charge on any atom is 0.239 e. The normalized spacial score (nSPS) is 19.1. The lowest BCUT2D eigenvalue weighted by Crippen LogP contribution is -2.47. The molecule has 3 N–H and O–H groups in total. The van der Waals surface area contributed by atoms with Crippen molar-refractivity contribution in [2.45, 2.75) is 51.5 Å². The summed E-state index contributed by atoms with van der Waals surface area (Å²) in [6, 6.07) is 7.17. The fraction of sp³-hybridized carbons (Fsp3) is 0.600. The van der Waals surface area contributed by atoms with Crippen molar-refractivity contribution in [3.63, 3.8) is 0 Å². The average molecular weight is 424 g/mol. The number of carbonyl (C=O) groups excluding carboxylic acids is 2. The van der Waals surface area contributed by atoms with E-state index in [-0.39, 0.29) is 17.7 Å². The molecule has 1 aliphatic heterocycles. The number of likely N-dealkylation sites (tertiary alicyclic amines) is 1. The molecule has 2 amide bonds. The number of piperidine rings is 1. The highest BCUT2D eigenvalue weighted by Crippen LogP contribution is 2.28. The summed E-state index contributed by atoms with van der Waals surface area (Å²) in [7, 11) is 0. The molecular formula is C20H30BrN3O2. The van der Waals surface area contributed by atoms with Gasteiger partial charge in [-0.25, -0.2) is 0 Å². The number of hydrogen-bond acceptors (Lipinski definition) is 3. The summed E-state index contributed by atoms with van der Waals surface area (Å²) in [6.45, 7) is 4.27. The molecule has 144 valence electrons. The monoisotopic (exact) mass is 423 g/mol. The third-order valence-corrected chi connectivity index (χ3v) is 5.50. The molecule has 0 aliphatic carbocycles. The molecule has 0 bridgehead atoms. The van der Waals surface area contributed by atoms with Crippen molar-refractivity contribution < 1.29 is 9.59 Å². The summed E-state index contributed by atoms with van der Waals surface area (Å²) >= 11 is 3.41. The van der Waals surface area contributed by atoms with Crippen molar-refractivity contribution in [2.24, 2.45) is 11.7 Å². The zero-order chi connectivity index (χ0) is 18.9. The molecule has 1 aromatic rings. The lowest BCUT2D eigenvalue weighted by atomic mass is 9.93. The predicted octanol–water partition coefficient (Wildman–Crippen LogP) is 3.38. The number of carbonyl (C=O) groups is 2. The van der Waals surface area contributed by atoms with Gasteiger partial charge in [0.1, 0.15) is 6.04 Å². The van der Waals surface area contributed by atoms with Gasteiger partial charge in [-0.15, -0.1) is 0 Å². The average Bonchev–Trinajstić information content (AvgIpc) is 2.63. The van der Waals surface area contributed by atoms with Crippen LogP contribution in [-0.2, 0) is 9.59 Å². The number of primary amides is 1. The minimum absolute atomic E-state index is 0.0766. The summed E-state index contributed by atoms with van der Waals surface area (Å²) < 4.78 is 0.962. The van der Waals surface area contributed by atoms with E-state index < -0.39 is 6.04 Å². The van der Waals surface area contributed by atoms with E-state index in [9.17, 15) is 9.59 Å². The van der Waals surface area contributed by atoms with Crippen LogP contribution >= 0.6 is 15.9 Å². The first kappa shape index (κ1) is 20.9. The number of rotatable bonds is 9. The number of hydrogen-bond donors (Lipinski definition) is 2. The largest absolute Gasteiger partial charge is 0.368 e. The number of amides is 2. The van der Waals surface area contributed by atoms with Crippen molar-refractivity contribution in [3.8, 4) is 0 Å². The minimum Gasteiger partial charge on any atom is -0.368 e. The molecule has 0 saturated carbocycles. The Balaban J connectivity index is 1.95. The van der Waals surface area contributed by atoms with Gasteiger partial charge < -0.3 is 11.1 Å². The summed E-state index contributed by atoms with van der Waals surface area (Å²) in [5.74, 6) is -0.342. The Kier molecular flexibility index (Phi) is 8.59. The number of benzene rings is 1. The van der Waals surface area contributed by atoms with Crippen molar-refractivity contribution >= 4 is 27.7 Å². The molecular weight excluding hydrogens is 394 g/mol. The fourth-order valence-corrected chi connectivity index (χ4v) is 3.83.